The normalized spacial score (nSPS) is 13.1. The molecule has 2 aromatic carbocycles. The Morgan fingerprint density at radius 3 is 2.42 bits per heavy atom. The van der Waals surface area contributed by atoms with Crippen LogP contribution in [0.3, 0.4) is 0 Å². The van der Waals surface area contributed by atoms with Gasteiger partial charge in [0.25, 0.3) is 0 Å². The van der Waals surface area contributed by atoms with Crippen molar-refractivity contribution in [2.45, 2.75) is 0 Å². The summed E-state index contributed by atoms with van der Waals surface area (Å²) >= 11 is 3.33. The van der Waals surface area contributed by atoms with Crippen molar-refractivity contribution >= 4 is 33.6 Å². The van der Waals surface area contributed by atoms with Gasteiger partial charge in [0.1, 0.15) is 24.8 Å². The topological polar surface area (TPSA) is 47.6 Å². The van der Waals surface area contributed by atoms with Crippen LogP contribution in [0.2, 0.25) is 0 Å². The van der Waals surface area contributed by atoms with Crippen LogP contribution in [0.25, 0.3) is 6.08 Å². The molecule has 0 saturated carbocycles. The van der Waals surface area contributed by atoms with Crippen LogP contribution < -0.4 is 14.8 Å². The molecule has 0 fully saturated rings. The van der Waals surface area contributed by atoms with Gasteiger partial charge in [-0.25, -0.2) is 8.78 Å². The standard InChI is InChI=1S/C17H12BrF2NO3/c18-11-8-15-16(24-7-6-23-15)9-14(11)21-17(22)5-4-10-12(19)2-1-3-13(10)20/h1-5,8-9H,6-7H2,(H,21,22)/b5-4+. The Balaban J connectivity index is 1.77. The molecule has 1 heterocycles. The summed E-state index contributed by atoms with van der Waals surface area (Å²) in [6.07, 6.45) is 2.15. The van der Waals surface area contributed by atoms with Crippen molar-refractivity contribution in [3.8, 4) is 11.5 Å². The fraction of sp³-hybridized carbons (Fsp3) is 0.118. The van der Waals surface area contributed by atoms with Gasteiger partial charge in [-0.2, -0.15) is 0 Å². The first-order valence-corrected chi connectivity index (χ1v) is 7.86. The van der Waals surface area contributed by atoms with E-state index in [9.17, 15) is 13.6 Å². The molecule has 0 bridgehead atoms. The lowest BCUT2D eigenvalue weighted by Gasteiger charge is -2.19. The number of nitrogens with one attached hydrogen (secondary N) is 1. The van der Waals surface area contributed by atoms with Gasteiger partial charge in [-0.1, -0.05) is 6.07 Å². The van der Waals surface area contributed by atoms with Crippen LogP contribution in [0.1, 0.15) is 5.56 Å². The molecular formula is C17H12BrF2NO3. The number of hydrogen-bond donors (Lipinski definition) is 1. The second-order valence-electron chi connectivity index (χ2n) is 4.93. The maximum absolute atomic E-state index is 13.5. The van der Waals surface area contributed by atoms with Crippen molar-refractivity contribution in [2.75, 3.05) is 18.5 Å². The van der Waals surface area contributed by atoms with E-state index in [1.54, 1.807) is 12.1 Å². The molecule has 7 heteroatoms. The van der Waals surface area contributed by atoms with Crippen LogP contribution in [-0.4, -0.2) is 19.1 Å². The third-order valence-corrected chi connectivity index (χ3v) is 3.95. The lowest BCUT2D eigenvalue weighted by Crippen LogP contribution is -2.16. The molecule has 1 N–H and O–H groups in total. The Kier molecular flexibility index (Phi) is 4.80. The minimum absolute atomic E-state index is 0.270. The average Bonchev–Trinajstić information content (AvgIpc) is 2.55. The molecule has 0 aliphatic carbocycles. The van der Waals surface area contributed by atoms with Crippen molar-refractivity contribution in [3.05, 3.63) is 58.1 Å². The Hall–Kier alpha value is -2.41. The molecule has 3 rings (SSSR count). The number of fused-ring (bicyclic) bond motifs is 1. The summed E-state index contributed by atoms with van der Waals surface area (Å²) in [6.45, 7) is 0.885. The van der Waals surface area contributed by atoms with Gasteiger partial charge in [-0.05, 0) is 34.1 Å². The van der Waals surface area contributed by atoms with E-state index in [0.29, 0.717) is 34.9 Å². The Bertz CT molecular complexity index is 803. The van der Waals surface area contributed by atoms with E-state index >= 15 is 0 Å². The van der Waals surface area contributed by atoms with Crippen LogP contribution in [0.5, 0.6) is 11.5 Å². The smallest absolute Gasteiger partial charge is 0.248 e. The van der Waals surface area contributed by atoms with Crippen molar-refractivity contribution < 1.29 is 23.0 Å². The van der Waals surface area contributed by atoms with Gasteiger partial charge >= 0.3 is 0 Å². The lowest BCUT2D eigenvalue weighted by atomic mass is 10.2. The van der Waals surface area contributed by atoms with Crippen LogP contribution in [0.15, 0.2) is 40.9 Å². The van der Waals surface area contributed by atoms with Gasteiger partial charge in [0.2, 0.25) is 5.91 Å². The number of carbonyl (C=O) groups excluding carboxylic acids is 1. The first-order valence-electron chi connectivity index (χ1n) is 7.07. The Labute approximate surface area is 145 Å². The van der Waals surface area contributed by atoms with E-state index in [0.717, 1.165) is 24.3 Å². The number of anilines is 1. The molecule has 0 saturated heterocycles. The number of halogens is 3. The van der Waals surface area contributed by atoms with Gasteiger partial charge in [-0.15, -0.1) is 0 Å². The molecule has 1 aliphatic rings. The number of rotatable bonds is 3. The second-order valence-corrected chi connectivity index (χ2v) is 5.79. The molecule has 4 nitrogen and oxygen atoms in total. The minimum Gasteiger partial charge on any atom is -0.486 e. The third kappa shape index (κ3) is 3.56. The highest BCUT2D eigenvalue weighted by Gasteiger charge is 2.15. The first-order chi connectivity index (χ1) is 11.5. The molecule has 2 aromatic rings. The van der Waals surface area contributed by atoms with Gasteiger partial charge in [0, 0.05) is 28.2 Å². The maximum Gasteiger partial charge on any atom is 0.248 e. The minimum atomic E-state index is -0.737. The summed E-state index contributed by atoms with van der Waals surface area (Å²) in [5.41, 5.74) is 0.191. The SMILES string of the molecule is O=C(/C=C/c1c(F)cccc1F)Nc1cc2c(cc1Br)OCCO2. The fourth-order valence-corrected chi connectivity index (χ4v) is 2.58. The van der Waals surface area contributed by atoms with Gasteiger partial charge in [0.15, 0.2) is 11.5 Å². The van der Waals surface area contributed by atoms with Crippen molar-refractivity contribution in [1.29, 1.82) is 0 Å². The largest absolute Gasteiger partial charge is 0.486 e. The Morgan fingerprint density at radius 2 is 1.75 bits per heavy atom. The predicted octanol–water partition coefficient (Wildman–Crippen LogP) is 4.15. The number of carbonyl (C=O) groups is 1. The van der Waals surface area contributed by atoms with Crippen LogP contribution in [-0.2, 0) is 4.79 Å². The van der Waals surface area contributed by atoms with Gasteiger partial charge in [-0.3, -0.25) is 4.79 Å². The van der Waals surface area contributed by atoms with Crippen molar-refractivity contribution in [1.82, 2.24) is 0 Å². The van der Waals surface area contributed by atoms with Crippen LogP contribution >= 0.6 is 15.9 Å². The molecule has 0 radical (unpaired) electrons. The molecular weight excluding hydrogens is 384 g/mol. The lowest BCUT2D eigenvalue weighted by molar-refractivity contribution is -0.111. The van der Waals surface area contributed by atoms with E-state index in [1.807, 2.05) is 0 Å². The number of ether oxygens (including phenoxy) is 2. The van der Waals surface area contributed by atoms with E-state index in [4.69, 9.17) is 9.47 Å². The molecule has 0 unspecified atom stereocenters. The summed E-state index contributed by atoms with van der Waals surface area (Å²) < 4.78 is 38.5. The number of hydrogen-bond acceptors (Lipinski definition) is 3. The van der Waals surface area contributed by atoms with Gasteiger partial charge < -0.3 is 14.8 Å². The van der Waals surface area contributed by atoms with E-state index in [-0.39, 0.29) is 5.56 Å². The predicted molar refractivity (Wildman–Crippen MR) is 89.2 cm³/mol. The molecule has 0 atom stereocenters. The van der Waals surface area contributed by atoms with Crippen LogP contribution in [0.4, 0.5) is 14.5 Å². The summed E-state index contributed by atoms with van der Waals surface area (Å²) in [5, 5.41) is 2.62. The summed E-state index contributed by atoms with van der Waals surface area (Å²) in [5.74, 6) is -0.909. The van der Waals surface area contributed by atoms with Crippen molar-refractivity contribution in [2.24, 2.45) is 0 Å². The number of benzene rings is 2. The quantitative estimate of drug-likeness (QED) is 0.794. The zero-order valence-electron chi connectivity index (χ0n) is 12.3. The molecule has 0 spiro atoms. The molecule has 124 valence electrons. The highest BCUT2D eigenvalue weighted by Crippen LogP contribution is 2.38. The average molecular weight is 396 g/mol. The number of amides is 1. The zero-order valence-corrected chi connectivity index (χ0v) is 13.9. The van der Waals surface area contributed by atoms with E-state index < -0.39 is 17.5 Å². The summed E-state index contributed by atoms with van der Waals surface area (Å²) in [4.78, 5) is 12.0. The molecule has 1 amide bonds. The van der Waals surface area contributed by atoms with E-state index in [2.05, 4.69) is 21.2 Å². The summed E-state index contributed by atoms with van der Waals surface area (Å²) in [6, 6.07) is 6.81. The zero-order chi connectivity index (χ0) is 17.1. The summed E-state index contributed by atoms with van der Waals surface area (Å²) in [7, 11) is 0. The van der Waals surface area contributed by atoms with Crippen LogP contribution in [0, 0.1) is 11.6 Å². The highest BCUT2D eigenvalue weighted by molar-refractivity contribution is 9.10. The molecule has 24 heavy (non-hydrogen) atoms. The molecule has 0 aromatic heterocycles. The fourth-order valence-electron chi connectivity index (χ4n) is 2.16. The Morgan fingerprint density at radius 1 is 1.12 bits per heavy atom. The van der Waals surface area contributed by atoms with Crippen molar-refractivity contribution in [3.63, 3.8) is 0 Å². The third-order valence-electron chi connectivity index (χ3n) is 3.29. The highest BCUT2D eigenvalue weighted by atomic mass is 79.9. The van der Waals surface area contributed by atoms with E-state index in [1.165, 1.54) is 6.07 Å². The maximum atomic E-state index is 13.5. The molecule has 1 aliphatic heterocycles. The van der Waals surface area contributed by atoms with Gasteiger partial charge in [0.05, 0.1) is 5.69 Å². The second kappa shape index (κ2) is 7.00. The monoisotopic (exact) mass is 395 g/mol. The first kappa shape index (κ1) is 16.4.